The summed E-state index contributed by atoms with van der Waals surface area (Å²) in [5.41, 5.74) is 4.47. The minimum atomic E-state index is -0.324. The smallest absolute Gasteiger partial charge is 0.325 e. The number of ether oxygens (including phenoxy) is 1. The normalized spacial score (nSPS) is 10.8. The van der Waals surface area contributed by atoms with Crippen molar-refractivity contribution in [3.05, 3.63) is 98.8 Å². The van der Waals surface area contributed by atoms with Crippen molar-refractivity contribution in [1.82, 2.24) is 9.55 Å². The van der Waals surface area contributed by atoms with Gasteiger partial charge in [0, 0.05) is 39.1 Å². The molecule has 0 fully saturated rings. The molecule has 8 heteroatoms. The minimum absolute atomic E-state index is 0.106. The molecule has 3 aromatic carbocycles. The monoisotopic (exact) mass is 543 g/mol. The first kappa shape index (κ1) is 23.4. The second-order valence-corrected chi connectivity index (χ2v) is 9.08. The van der Waals surface area contributed by atoms with Crippen LogP contribution in [0.4, 0.5) is 5.69 Å². The van der Waals surface area contributed by atoms with Crippen molar-refractivity contribution in [2.75, 3.05) is 19.0 Å². The molecule has 0 saturated heterocycles. The molecule has 1 N–H and O–H groups in total. The Bertz CT molecular complexity index is 1270. The van der Waals surface area contributed by atoms with Gasteiger partial charge in [-0.2, -0.15) is 0 Å². The van der Waals surface area contributed by atoms with E-state index in [1.165, 1.54) is 7.11 Å². The van der Waals surface area contributed by atoms with E-state index in [1.807, 2.05) is 53.2 Å². The third-order valence-corrected chi connectivity index (χ3v) is 6.15. The fourth-order valence-corrected chi connectivity index (χ4v) is 4.13. The summed E-state index contributed by atoms with van der Waals surface area (Å²) in [6.07, 6.45) is 2.61. The van der Waals surface area contributed by atoms with E-state index in [0.29, 0.717) is 16.5 Å². The summed E-state index contributed by atoms with van der Waals surface area (Å²) < 4.78 is 7.74. The summed E-state index contributed by atoms with van der Waals surface area (Å²) in [6.45, 7) is 0.106. The lowest BCUT2D eigenvalue weighted by Crippen LogP contribution is -2.14. The van der Waals surface area contributed by atoms with E-state index >= 15 is 0 Å². The Balaban J connectivity index is 1.69. The van der Waals surface area contributed by atoms with Gasteiger partial charge >= 0.3 is 5.97 Å². The molecular formula is C25H20BrCl2N3O2. The molecule has 0 aliphatic heterocycles. The van der Waals surface area contributed by atoms with Gasteiger partial charge in [0.1, 0.15) is 12.4 Å². The Morgan fingerprint density at radius 3 is 2.45 bits per heavy atom. The third kappa shape index (κ3) is 5.77. The lowest BCUT2D eigenvalue weighted by molar-refractivity contribution is -0.138. The van der Waals surface area contributed by atoms with Crippen molar-refractivity contribution in [3.8, 4) is 16.9 Å². The Morgan fingerprint density at radius 2 is 1.79 bits per heavy atom. The molecule has 0 amide bonds. The summed E-state index contributed by atoms with van der Waals surface area (Å²) in [5.74, 6) is 0.545. The lowest BCUT2D eigenvalue weighted by atomic mass is 10.1. The molecule has 0 radical (unpaired) electrons. The molecule has 0 spiro atoms. The third-order valence-electron chi connectivity index (χ3n) is 5.07. The molecule has 0 unspecified atom stereocenters. The number of carbonyl (C=O) groups excluding carboxylic acids is 1. The Hall–Kier alpha value is -2.80. The van der Waals surface area contributed by atoms with Gasteiger partial charge in [-0.05, 0) is 60.2 Å². The van der Waals surface area contributed by atoms with Crippen molar-refractivity contribution < 1.29 is 9.53 Å². The van der Waals surface area contributed by atoms with Crippen LogP contribution in [-0.4, -0.2) is 29.2 Å². The first-order valence-corrected chi connectivity index (χ1v) is 11.7. The number of nitrogens with one attached hydrogen (secondary N) is 1. The molecule has 4 rings (SSSR count). The molecule has 0 bridgehead atoms. The van der Waals surface area contributed by atoms with Crippen LogP contribution in [0.1, 0.15) is 11.4 Å². The molecule has 0 aliphatic rings. The highest BCUT2D eigenvalue weighted by Crippen LogP contribution is 2.31. The number of rotatable bonds is 7. The van der Waals surface area contributed by atoms with Gasteiger partial charge < -0.3 is 14.6 Å². The van der Waals surface area contributed by atoms with Gasteiger partial charge in [0.25, 0.3) is 0 Å². The van der Waals surface area contributed by atoms with Gasteiger partial charge in [-0.1, -0.05) is 51.3 Å². The quantitative estimate of drug-likeness (QED) is 0.260. The predicted octanol–water partition coefficient (Wildman–Crippen LogP) is 6.78. The van der Waals surface area contributed by atoms with Gasteiger partial charge in [0.2, 0.25) is 0 Å². The first-order valence-electron chi connectivity index (χ1n) is 10.1. The van der Waals surface area contributed by atoms with E-state index in [0.717, 1.165) is 38.5 Å². The van der Waals surface area contributed by atoms with Crippen molar-refractivity contribution in [2.24, 2.45) is 0 Å². The Labute approximate surface area is 210 Å². The molecule has 4 aromatic rings. The second kappa shape index (κ2) is 10.4. The Kier molecular flexibility index (Phi) is 7.38. The van der Waals surface area contributed by atoms with Crippen LogP contribution in [-0.2, 0) is 16.0 Å². The maximum Gasteiger partial charge on any atom is 0.325 e. The lowest BCUT2D eigenvalue weighted by Gasteiger charge is -2.10. The molecule has 33 heavy (non-hydrogen) atoms. The second-order valence-electron chi connectivity index (χ2n) is 7.32. The number of aromatic nitrogens is 2. The van der Waals surface area contributed by atoms with E-state index in [1.54, 1.807) is 12.1 Å². The summed E-state index contributed by atoms with van der Waals surface area (Å²) in [5, 5.41) is 4.17. The van der Waals surface area contributed by atoms with Crippen LogP contribution < -0.4 is 5.32 Å². The molecule has 0 aliphatic carbocycles. The van der Waals surface area contributed by atoms with Crippen LogP contribution in [0.25, 0.3) is 16.9 Å². The van der Waals surface area contributed by atoms with Crippen LogP contribution in [0.5, 0.6) is 0 Å². The SMILES string of the molecule is COC(=O)CNc1ccc(-n2cc(-c3ccc(Cl)cc3Cl)nc2Cc2ccc(Br)cc2)cc1. The number of methoxy groups -OCH3 is 1. The highest BCUT2D eigenvalue weighted by molar-refractivity contribution is 9.10. The van der Waals surface area contributed by atoms with Gasteiger partial charge in [-0.15, -0.1) is 0 Å². The van der Waals surface area contributed by atoms with Gasteiger partial charge in [0.05, 0.1) is 17.8 Å². The first-order chi connectivity index (χ1) is 15.9. The summed E-state index contributed by atoms with van der Waals surface area (Å²) in [6, 6.07) is 21.3. The maximum atomic E-state index is 11.4. The van der Waals surface area contributed by atoms with E-state index < -0.39 is 0 Å². The van der Waals surface area contributed by atoms with Crippen molar-refractivity contribution in [2.45, 2.75) is 6.42 Å². The number of imidazole rings is 1. The molecule has 5 nitrogen and oxygen atoms in total. The zero-order valence-corrected chi connectivity index (χ0v) is 20.8. The summed E-state index contributed by atoms with van der Waals surface area (Å²) >= 11 is 16.0. The van der Waals surface area contributed by atoms with E-state index in [-0.39, 0.29) is 12.5 Å². The van der Waals surface area contributed by atoms with Crippen molar-refractivity contribution in [3.63, 3.8) is 0 Å². The molecule has 168 valence electrons. The minimum Gasteiger partial charge on any atom is -0.468 e. The molecule has 0 saturated carbocycles. The van der Waals surface area contributed by atoms with Gasteiger partial charge in [-0.3, -0.25) is 4.79 Å². The summed E-state index contributed by atoms with van der Waals surface area (Å²) in [4.78, 5) is 16.3. The Morgan fingerprint density at radius 1 is 1.06 bits per heavy atom. The fraction of sp³-hybridized carbons (Fsp3) is 0.120. The number of hydrogen-bond acceptors (Lipinski definition) is 4. The number of halogens is 3. The predicted molar refractivity (Wildman–Crippen MR) is 136 cm³/mol. The van der Waals surface area contributed by atoms with E-state index in [2.05, 4.69) is 38.1 Å². The zero-order chi connectivity index (χ0) is 23.4. The average Bonchev–Trinajstić information content (AvgIpc) is 3.22. The maximum absolute atomic E-state index is 11.4. The molecule has 0 atom stereocenters. The largest absolute Gasteiger partial charge is 0.468 e. The van der Waals surface area contributed by atoms with Crippen molar-refractivity contribution in [1.29, 1.82) is 0 Å². The zero-order valence-electron chi connectivity index (χ0n) is 17.7. The molecule has 1 aromatic heterocycles. The van der Waals surface area contributed by atoms with E-state index in [4.69, 9.17) is 28.2 Å². The van der Waals surface area contributed by atoms with Crippen LogP contribution in [0.15, 0.2) is 77.4 Å². The van der Waals surface area contributed by atoms with Crippen molar-refractivity contribution >= 4 is 50.8 Å². The molecular weight excluding hydrogens is 525 g/mol. The molecule has 1 heterocycles. The topological polar surface area (TPSA) is 56.1 Å². The number of esters is 1. The fourth-order valence-electron chi connectivity index (χ4n) is 3.36. The van der Waals surface area contributed by atoms with Gasteiger partial charge in [0.15, 0.2) is 0 Å². The van der Waals surface area contributed by atoms with Crippen LogP contribution in [0.3, 0.4) is 0 Å². The highest BCUT2D eigenvalue weighted by atomic mass is 79.9. The number of nitrogens with zero attached hydrogens (tertiary/aromatic N) is 2. The van der Waals surface area contributed by atoms with Gasteiger partial charge in [-0.25, -0.2) is 4.98 Å². The highest BCUT2D eigenvalue weighted by Gasteiger charge is 2.15. The van der Waals surface area contributed by atoms with E-state index in [9.17, 15) is 4.79 Å². The summed E-state index contributed by atoms with van der Waals surface area (Å²) in [7, 11) is 1.36. The van der Waals surface area contributed by atoms with Crippen LogP contribution in [0.2, 0.25) is 10.0 Å². The van der Waals surface area contributed by atoms with Crippen LogP contribution >= 0.6 is 39.1 Å². The number of hydrogen-bond donors (Lipinski definition) is 1. The van der Waals surface area contributed by atoms with Crippen LogP contribution in [0, 0.1) is 0 Å². The number of carbonyl (C=O) groups is 1. The average molecular weight is 545 g/mol. The standard InChI is InChI=1S/C25H20BrCl2N3O2/c1-33-25(32)14-29-19-7-9-20(10-8-19)31-15-23(21-11-6-18(27)13-22(21)28)30-24(31)12-16-2-4-17(26)5-3-16/h2-11,13,15,29H,12,14H2,1H3. The number of anilines is 1. The number of benzene rings is 3.